The van der Waals surface area contributed by atoms with Gasteiger partial charge < -0.3 is 10.2 Å². The molecule has 0 spiro atoms. The van der Waals surface area contributed by atoms with Gasteiger partial charge in [0.2, 0.25) is 0 Å². The van der Waals surface area contributed by atoms with E-state index in [9.17, 15) is 9.59 Å². The fraction of sp³-hybridized carbons (Fsp3) is 0.368. The van der Waals surface area contributed by atoms with Gasteiger partial charge in [0.1, 0.15) is 17.8 Å². The zero-order valence-electron chi connectivity index (χ0n) is 14.4. The van der Waals surface area contributed by atoms with Crippen molar-refractivity contribution in [1.29, 1.82) is 0 Å². The van der Waals surface area contributed by atoms with Crippen molar-refractivity contribution >= 4 is 23.2 Å². The number of benzene rings is 1. The van der Waals surface area contributed by atoms with Crippen LogP contribution < -0.4 is 5.32 Å². The lowest BCUT2D eigenvalue weighted by Gasteiger charge is -2.19. The molecular weight excluding hydrogens is 316 g/mol. The van der Waals surface area contributed by atoms with Gasteiger partial charge in [-0.05, 0) is 44.0 Å². The van der Waals surface area contributed by atoms with E-state index in [4.69, 9.17) is 0 Å². The van der Waals surface area contributed by atoms with Crippen LogP contribution in [0, 0.1) is 0 Å². The van der Waals surface area contributed by atoms with Crippen LogP contribution in [0.1, 0.15) is 53.5 Å². The monoisotopic (exact) mass is 338 g/mol. The molecular formula is C19H22N4O2. The van der Waals surface area contributed by atoms with Crippen LogP contribution in [-0.2, 0) is 0 Å². The van der Waals surface area contributed by atoms with Crippen LogP contribution in [0.5, 0.6) is 0 Å². The molecule has 1 aromatic carbocycles. The SMILES string of the molecule is CC(=O)c1ccc(Nc2cc(C(=O)N3CCCCCC3)ncn2)cc1. The Labute approximate surface area is 147 Å². The van der Waals surface area contributed by atoms with Crippen LogP contribution in [-0.4, -0.2) is 39.6 Å². The second-order valence-corrected chi connectivity index (χ2v) is 6.25. The molecule has 2 heterocycles. The standard InChI is InChI=1S/C19H22N4O2/c1-14(24)15-6-8-16(9-7-15)22-18-12-17(20-13-21-18)19(25)23-10-4-2-3-5-11-23/h6-9,12-13H,2-5,10-11H2,1H3,(H,20,21,22). The number of hydrogen-bond acceptors (Lipinski definition) is 5. The number of carbonyl (C=O) groups is 2. The molecule has 6 heteroatoms. The van der Waals surface area contributed by atoms with Gasteiger partial charge in [-0.25, -0.2) is 9.97 Å². The molecule has 1 amide bonds. The van der Waals surface area contributed by atoms with Gasteiger partial charge in [-0.3, -0.25) is 9.59 Å². The average Bonchev–Trinajstić information content (AvgIpc) is 2.91. The summed E-state index contributed by atoms with van der Waals surface area (Å²) in [5.41, 5.74) is 1.86. The van der Waals surface area contributed by atoms with Crippen molar-refractivity contribution < 1.29 is 9.59 Å². The quantitative estimate of drug-likeness (QED) is 0.864. The molecule has 0 unspecified atom stereocenters. The highest BCUT2D eigenvalue weighted by molar-refractivity contribution is 5.94. The zero-order valence-corrected chi connectivity index (χ0v) is 14.4. The summed E-state index contributed by atoms with van der Waals surface area (Å²) in [6.45, 7) is 3.11. The van der Waals surface area contributed by atoms with Crippen molar-refractivity contribution in [2.75, 3.05) is 18.4 Å². The molecule has 0 atom stereocenters. The lowest BCUT2D eigenvalue weighted by Crippen LogP contribution is -2.32. The number of anilines is 2. The van der Waals surface area contributed by atoms with E-state index in [1.807, 2.05) is 17.0 Å². The van der Waals surface area contributed by atoms with Crippen molar-refractivity contribution in [1.82, 2.24) is 14.9 Å². The number of nitrogens with one attached hydrogen (secondary N) is 1. The molecule has 0 saturated carbocycles. The third-order valence-corrected chi connectivity index (χ3v) is 4.34. The minimum absolute atomic E-state index is 0.0268. The van der Waals surface area contributed by atoms with Crippen LogP contribution >= 0.6 is 0 Å². The molecule has 1 saturated heterocycles. The molecule has 1 aromatic heterocycles. The van der Waals surface area contributed by atoms with Crippen LogP contribution in [0.2, 0.25) is 0 Å². The summed E-state index contributed by atoms with van der Waals surface area (Å²) in [5, 5.41) is 3.15. The second kappa shape index (κ2) is 7.88. The van der Waals surface area contributed by atoms with Gasteiger partial charge >= 0.3 is 0 Å². The van der Waals surface area contributed by atoms with Gasteiger partial charge in [-0.2, -0.15) is 0 Å². The first-order chi connectivity index (χ1) is 12.1. The molecule has 2 aromatic rings. The predicted molar refractivity (Wildman–Crippen MR) is 96.1 cm³/mol. The fourth-order valence-electron chi connectivity index (χ4n) is 2.91. The van der Waals surface area contributed by atoms with Gasteiger partial charge in [-0.1, -0.05) is 12.8 Å². The third kappa shape index (κ3) is 4.41. The Bertz CT molecular complexity index is 750. The lowest BCUT2D eigenvalue weighted by molar-refractivity contribution is 0.0755. The first-order valence-corrected chi connectivity index (χ1v) is 8.63. The van der Waals surface area contributed by atoms with Gasteiger partial charge in [0.15, 0.2) is 5.78 Å². The summed E-state index contributed by atoms with van der Waals surface area (Å²) < 4.78 is 0. The summed E-state index contributed by atoms with van der Waals surface area (Å²) >= 11 is 0. The summed E-state index contributed by atoms with van der Waals surface area (Å²) in [5.74, 6) is 0.543. The highest BCUT2D eigenvalue weighted by Crippen LogP contribution is 2.17. The van der Waals surface area contributed by atoms with Crippen molar-refractivity contribution in [2.45, 2.75) is 32.6 Å². The van der Waals surface area contributed by atoms with Crippen LogP contribution in [0.25, 0.3) is 0 Å². The Morgan fingerprint density at radius 2 is 1.68 bits per heavy atom. The van der Waals surface area contributed by atoms with E-state index in [1.54, 1.807) is 18.2 Å². The number of nitrogens with zero attached hydrogens (tertiary/aromatic N) is 3. The van der Waals surface area contributed by atoms with Crippen LogP contribution in [0.15, 0.2) is 36.7 Å². The Morgan fingerprint density at radius 3 is 2.32 bits per heavy atom. The number of carbonyl (C=O) groups excluding carboxylic acids is 2. The molecule has 0 bridgehead atoms. The summed E-state index contributed by atoms with van der Waals surface area (Å²) in [4.78, 5) is 34.2. The van der Waals surface area contributed by atoms with Gasteiger partial charge in [0.25, 0.3) is 5.91 Å². The molecule has 6 nitrogen and oxygen atoms in total. The highest BCUT2D eigenvalue weighted by atomic mass is 16.2. The molecule has 1 N–H and O–H groups in total. The van der Waals surface area contributed by atoms with E-state index < -0.39 is 0 Å². The molecule has 25 heavy (non-hydrogen) atoms. The molecule has 0 radical (unpaired) electrons. The van der Waals surface area contributed by atoms with E-state index in [1.165, 1.54) is 26.1 Å². The molecule has 0 aliphatic carbocycles. The number of Topliss-reactive ketones (excluding diaryl/α,β-unsaturated/α-hetero) is 1. The normalized spacial score (nSPS) is 14.7. The number of amides is 1. The Hall–Kier alpha value is -2.76. The molecule has 3 rings (SSSR count). The maximum absolute atomic E-state index is 12.6. The van der Waals surface area contributed by atoms with E-state index in [-0.39, 0.29) is 11.7 Å². The van der Waals surface area contributed by atoms with E-state index in [0.29, 0.717) is 17.1 Å². The van der Waals surface area contributed by atoms with E-state index >= 15 is 0 Å². The van der Waals surface area contributed by atoms with Gasteiger partial charge in [0, 0.05) is 30.4 Å². The Balaban J connectivity index is 1.72. The van der Waals surface area contributed by atoms with Crippen molar-refractivity contribution in [3.63, 3.8) is 0 Å². The lowest BCUT2D eigenvalue weighted by atomic mass is 10.1. The summed E-state index contributed by atoms with van der Waals surface area (Å²) in [6, 6.07) is 8.82. The largest absolute Gasteiger partial charge is 0.340 e. The van der Waals surface area contributed by atoms with Crippen LogP contribution in [0.4, 0.5) is 11.5 Å². The Morgan fingerprint density at radius 1 is 1.00 bits per heavy atom. The zero-order chi connectivity index (χ0) is 17.6. The van der Waals surface area contributed by atoms with Crippen LogP contribution in [0.3, 0.4) is 0 Å². The van der Waals surface area contributed by atoms with Crippen molar-refractivity contribution in [3.05, 3.63) is 47.9 Å². The van der Waals surface area contributed by atoms with Crippen molar-refractivity contribution in [3.8, 4) is 0 Å². The third-order valence-electron chi connectivity index (χ3n) is 4.34. The molecule has 1 fully saturated rings. The number of likely N-dealkylation sites (tertiary alicyclic amines) is 1. The van der Waals surface area contributed by atoms with E-state index in [0.717, 1.165) is 31.6 Å². The number of hydrogen-bond donors (Lipinski definition) is 1. The van der Waals surface area contributed by atoms with Gasteiger partial charge in [-0.15, -0.1) is 0 Å². The topological polar surface area (TPSA) is 75.2 Å². The number of aromatic nitrogens is 2. The average molecular weight is 338 g/mol. The second-order valence-electron chi connectivity index (χ2n) is 6.25. The fourth-order valence-corrected chi connectivity index (χ4v) is 2.91. The molecule has 1 aliphatic rings. The summed E-state index contributed by atoms with van der Waals surface area (Å²) in [6.07, 6.45) is 5.85. The Kier molecular flexibility index (Phi) is 5.38. The van der Waals surface area contributed by atoms with Crippen molar-refractivity contribution in [2.24, 2.45) is 0 Å². The molecule has 1 aliphatic heterocycles. The number of rotatable bonds is 4. The number of ketones is 1. The highest BCUT2D eigenvalue weighted by Gasteiger charge is 2.19. The van der Waals surface area contributed by atoms with Gasteiger partial charge in [0.05, 0.1) is 0 Å². The first-order valence-electron chi connectivity index (χ1n) is 8.63. The first kappa shape index (κ1) is 17.1. The predicted octanol–water partition coefficient (Wildman–Crippen LogP) is 3.44. The van der Waals surface area contributed by atoms with E-state index in [2.05, 4.69) is 15.3 Å². The minimum atomic E-state index is -0.0423. The maximum Gasteiger partial charge on any atom is 0.272 e. The molecule has 130 valence electrons. The smallest absolute Gasteiger partial charge is 0.272 e. The minimum Gasteiger partial charge on any atom is -0.340 e. The summed E-state index contributed by atoms with van der Waals surface area (Å²) in [7, 11) is 0. The maximum atomic E-state index is 12.6.